The Kier molecular flexibility index (Phi) is 6.38. The Bertz CT molecular complexity index is 964. The van der Waals surface area contributed by atoms with E-state index in [1.165, 1.54) is 23.5 Å². The summed E-state index contributed by atoms with van der Waals surface area (Å²) in [5.41, 5.74) is 0.967. The van der Waals surface area contributed by atoms with E-state index < -0.39 is 11.7 Å². The van der Waals surface area contributed by atoms with Crippen LogP contribution in [0.1, 0.15) is 10.6 Å². The van der Waals surface area contributed by atoms with Crippen LogP contribution in [0.5, 0.6) is 17.2 Å². The van der Waals surface area contributed by atoms with Crippen molar-refractivity contribution in [2.45, 2.75) is 6.42 Å². The number of halogens is 1. The van der Waals surface area contributed by atoms with Gasteiger partial charge in [-0.05, 0) is 29.8 Å². The molecule has 1 amide bonds. The van der Waals surface area contributed by atoms with Crippen LogP contribution in [0.25, 0.3) is 0 Å². The normalized spacial score (nSPS) is 10.4. The van der Waals surface area contributed by atoms with Crippen LogP contribution in [0.15, 0.2) is 42.5 Å². The van der Waals surface area contributed by atoms with Gasteiger partial charge in [0.1, 0.15) is 5.01 Å². The van der Waals surface area contributed by atoms with Crippen LogP contribution >= 0.6 is 11.3 Å². The van der Waals surface area contributed by atoms with Crippen molar-refractivity contribution in [1.29, 1.82) is 0 Å². The Morgan fingerprint density at radius 1 is 1.07 bits per heavy atom. The third kappa shape index (κ3) is 4.95. The molecule has 0 aliphatic rings. The zero-order valence-corrected chi connectivity index (χ0v) is 16.1. The minimum Gasteiger partial charge on any atom is -0.493 e. The lowest BCUT2D eigenvalue weighted by Crippen LogP contribution is -2.20. The minimum atomic E-state index is -0.525. The second kappa shape index (κ2) is 9.14. The molecule has 1 aromatic heterocycles. The van der Waals surface area contributed by atoms with Crippen LogP contribution < -0.4 is 19.5 Å². The molecule has 7 nitrogen and oxygen atoms in total. The molecule has 0 unspecified atom stereocenters. The number of rotatable bonds is 8. The molecule has 0 atom stereocenters. The zero-order valence-electron chi connectivity index (χ0n) is 15.3. The smallest absolute Gasteiger partial charge is 0.264 e. The number of ether oxygens (including phenoxy) is 3. The number of carbonyl (C=O) groups is 1. The number of benzene rings is 2. The Morgan fingerprint density at radius 2 is 1.86 bits per heavy atom. The highest BCUT2D eigenvalue weighted by molar-refractivity contribution is 7.15. The molecule has 0 bridgehead atoms. The lowest BCUT2D eigenvalue weighted by molar-refractivity contribution is -0.118. The second-order valence-corrected chi connectivity index (χ2v) is 6.70. The molecule has 0 saturated carbocycles. The van der Waals surface area contributed by atoms with Crippen molar-refractivity contribution in [3.8, 4) is 17.2 Å². The summed E-state index contributed by atoms with van der Waals surface area (Å²) in [7, 11) is 3.15. The number of amides is 1. The molecule has 1 N–H and O–H groups in total. The van der Waals surface area contributed by atoms with Crippen molar-refractivity contribution in [3.05, 3.63) is 58.9 Å². The Hall–Kier alpha value is -3.20. The van der Waals surface area contributed by atoms with Gasteiger partial charge in [-0.25, -0.2) is 4.39 Å². The lowest BCUT2D eigenvalue weighted by atomic mass is 10.1. The van der Waals surface area contributed by atoms with Crippen molar-refractivity contribution in [2.24, 2.45) is 0 Å². The number of nitrogens with one attached hydrogen (secondary N) is 1. The summed E-state index contributed by atoms with van der Waals surface area (Å²) >= 11 is 1.25. The second-order valence-electron chi connectivity index (χ2n) is 5.63. The molecular formula is C19H18FN3O4S. The van der Waals surface area contributed by atoms with Crippen LogP contribution in [-0.2, 0) is 11.2 Å². The fraction of sp³-hybridized carbons (Fsp3) is 0.211. The maximum Gasteiger partial charge on any atom is 0.264 e. The van der Waals surface area contributed by atoms with E-state index in [1.807, 2.05) is 18.2 Å². The van der Waals surface area contributed by atoms with E-state index in [0.29, 0.717) is 23.1 Å². The van der Waals surface area contributed by atoms with Crippen LogP contribution in [0.4, 0.5) is 9.52 Å². The highest BCUT2D eigenvalue weighted by Crippen LogP contribution is 2.29. The molecule has 28 heavy (non-hydrogen) atoms. The fourth-order valence-electron chi connectivity index (χ4n) is 2.40. The van der Waals surface area contributed by atoms with E-state index in [1.54, 1.807) is 26.4 Å². The average molecular weight is 403 g/mol. The van der Waals surface area contributed by atoms with Crippen LogP contribution in [-0.4, -0.2) is 36.9 Å². The van der Waals surface area contributed by atoms with Crippen molar-refractivity contribution in [2.75, 3.05) is 26.1 Å². The molecular weight excluding hydrogens is 385 g/mol. The molecule has 0 radical (unpaired) electrons. The minimum absolute atomic E-state index is 0.0176. The predicted molar refractivity (Wildman–Crippen MR) is 103 cm³/mol. The molecule has 3 rings (SSSR count). The Balaban J connectivity index is 1.56. The van der Waals surface area contributed by atoms with Gasteiger partial charge in [-0.1, -0.05) is 29.5 Å². The van der Waals surface area contributed by atoms with Gasteiger partial charge in [-0.2, -0.15) is 0 Å². The van der Waals surface area contributed by atoms with Gasteiger partial charge >= 0.3 is 0 Å². The summed E-state index contributed by atoms with van der Waals surface area (Å²) in [5, 5.41) is 11.7. The van der Waals surface area contributed by atoms with Gasteiger partial charge in [0.15, 0.2) is 29.7 Å². The van der Waals surface area contributed by atoms with Crippen molar-refractivity contribution < 1.29 is 23.4 Å². The first-order chi connectivity index (χ1) is 13.6. The fourth-order valence-corrected chi connectivity index (χ4v) is 3.19. The first-order valence-electron chi connectivity index (χ1n) is 8.29. The van der Waals surface area contributed by atoms with Gasteiger partial charge in [-0.3, -0.25) is 10.1 Å². The van der Waals surface area contributed by atoms with Gasteiger partial charge in [-0.15, -0.1) is 10.2 Å². The van der Waals surface area contributed by atoms with Crippen molar-refractivity contribution in [3.63, 3.8) is 0 Å². The summed E-state index contributed by atoms with van der Waals surface area (Å²) < 4.78 is 29.2. The standard InChI is InChI=1S/C19H18FN3O4S/c1-25-15-8-7-12(9-16(15)26-2)10-18-22-23-19(28-18)21-17(24)11-27-14-6-4-3-5-13(14)20/h3-9H,10-11H2,1-2H3,(H,21,23,24). The number of aromatic nitrogens is 2. The van der Waals surface area contributed by atoms with Crippen LogP contribution in [0, 0.1) is 5.82 Å². The van der Waals surface area contributed by atoms with E-state index >= 15 is 0 Å². The van der Waals surface area contributed by atoms with E-state index in [-0.39, 0.29) is 12.4 Å². The summed E-state index contributed by atoms with van der Waals surface area (Å²) in [4.78, 5) is 12.0. The molecule has 0 saturated heterocycles. The largest absolute Gasteiger partial charge is 0.493 e. The van der Waals surface area contributed by atoms with Gasteiger partial charge < -0.3 is 14.2 Å². The SMILES string of the molecule is COc1ccc(Cc2nnc(NC(=O)COc3ccccc3F)s2)cc1OC. The van der Waals surface area contributed by atoms with Gasteiger partial charge in [0.05, 0.1) is 14.2 Å². The molecule has 146 valence electrons. The lowest BCUT2D eigenvalue weighted by Gasteiger charge is -2.08. The van der Waals surface area contributed by atoms with Crippen LogP contribution in [0.2, 0.25) is 0 Å². The van der Waals surface area contributed by atoms with E-state index in [0.717, 1.165) is 10.6 Å². The molecule has 0 spiro atoms. The predicted octanol–water partition coefficient (Wildman–Crippen LogP) is 3.30. The Morgan fingerprint density at radius 3 is 2.61 bits per heavy atom. The number of carbonyl (C=O) groups excluding carboxylic acids is 1. The summed E-state index contributed by atoms with van der Waals surface area (Å²) in [6.45, 7) is -0.328. The third-order valence-corrected chi connectivity index (χ3v) is 4.55. The number of nitrogens with zero attached hydrogens (tertiary/aromatic N) is 2. The number of hydrogen-bond donors (Lipinski definition) is 1. The van der Waals surface area contributed by atoms with E-state index in [4.69, 9.17) is 14.2 Å². The van der Waals surface area contributed by atoms with Gasteiger partial charge in [0.2, 0.25) is 5.13 Å². The highest BCUT2D eigenvalue weighted by Gasteiger charge is 2.12. The Labute approximate surface area is 165 Å². The van der Waals surface area contributed by atoms with E-state index in [2.05, 4.69) is 15.5 Å². The summed E-state index contributed by atoms with van der Waals surface area (Å²) in [6.07, 6.45) is 0.527. The molecule has 1 heterocycles. The molecule has 9 heteroatoms. The molecule has 2 aromatic carbocycles. The molecule has 3 aromatic rings. The molecule has 0 fully saturated rings. The monoisotopic (exact) mass is 403 g/mol. The average Bonchev–Trinajstić information content (AvgIpc) is 3.13. The summed E-state index contributed by atoms with van der Waals surface area (Å²) in [5.74, 6) is 0.319. The third-order valence-electron chi connectivity index (χ3n) is 3.71. The molecule has 0 aliphatic heterocycles. The number of para-hydroxylation sites is 1. The highest BCUT2D eigenvalue weighted by atomic mass is 32.1. The topological polar surface area (TPSA) is 82.6 Å². The quantitative estimate of drug-likeness (QED) is 0.621. The first kappa shape index (κ1) is 19.6. The molecule has 0 aliphatic carbocycles. The zero-order chi connectivity index (χ0) is 19.9. The van der Waals surface area contributed by atoms with Crippen molar-refractivity contribution >= 4 is 22.4 Å². The maximum absolute atomic E-state index is 13.5. The summed E-state index contributed by atoms with van der Waals surface area (Å²) in [6, 6.07) is 11.5. The number of hydrogen-bond acceptors (Lipinski definition) is 7. The first-order valence-corrected chi connectivity index (χ1v) is 9.11. The van der Waals surface area contributed by atoms with Crippen LogP contribution in [0.3, 0.4) is 0 Å². The van der Waals surface area contributed by atoms with Gasteiger partial charge in [0, 0.05) is 6.42 Å². The maximum atomic E-state index is 13.5. The van der Waals surface area contributed by atoms with Gasteiger partial charge in [0.25, 0.3) is 5.91 Å². The van der Waals surface area contributed by atoms with Crippen molar-refractivity contribution in [1.82, 2.24) is 10.2 Å². The number of methoxy groups -OCH3 is 2. The van der Waals surface area contributed by atoms with E-state index in [9.17, 15) is 9.18 Å². The number of anilines is 1.